The minimum Gasteiger partial charge on any atom is -0.612 e. The van der Waals surface area contributed by atoms with Crippen LogP contribution in [-0.2, 0) is 16.0 Å². The summed E-state index contributed by atoms with van der Waals surface area (Å²) in [6.45, 7) is 4.50. The molecule has 35 heavy (non-hydrogen) atoms. The number of hydrogen-bond donors (Lipinski definition) is 2. The van der Waals surface area contributed by atoms with Crippen molar-refractivity contribution in [3.63, 3.8) is 0 Å². The van der Waals surface area contributed by atoms with Crippen molar-refractivity contribution in [2.45, 2.75) is 56.7 Å². The molecule has 4 aliphatic rings. The van der Waals surface area contributed by atoms with Crippen molar-refractivity contribution in [2.24, 2.45) is 4.99 Å². The van der Waals surface area contributed by atoms with E-state index in [-0.39, 0.29) is 11.9 Å². The minimum absolute atomic E-state index is 0.139. The van der Waals surface area contributed by atoms with Crippen molar-refractivity contribution in [3.8, 4) is 0 Å². The average molecular weight is 496 g/mol. The van der Waals surface area contributed by atoms with E-state index < -0.39 is 16.8 Å². The third kappa shape index (κ3) is 4.23. The Hall–Kier alpha value is -2.49. The van der Waals surface area contributed by atoms with Gasteiger partial charge in [-0.15, -0.1) is 0 Å². The number of allylic oxidation sites excluding steroid dienone is 1. The molecule has 8 nitrogen and oxygen atoms in total. The molecule has 6 rings (SSSR count). The largest absolute Gasteiger partial charge is 0.612 e. The predicted octanol–water partition coefficient (Wildman–Crippen LogP) is 2.86. The summed E-state index contributed by atoms with van der Waals surface area (Å²) in [7, 11) is 1.85. The number of nitrogens with one attached hydrogen (secondary N) is 2. The van der Waals surface area contributed by atoms with Gasteiger partial charge in [0.1, 0.15) is 22.8 Å². The van der Waals surface area contributed by atoms with E-state index in [9.17, 15) is 9.35 Å². The molecule has 1 aromatic heterocycles. The van der Waals surface area contributed by atoms with Crippen LogP contribution in [0.5, 0.6) is 0 Å². The van der Waals surface area contributed by atoms with Crippen LogP contribution in [0.4, 0.5) is 0 Å². The van der Waals surface area contributed by atoms with Gasteiger partial charge in [0.15, 0.2) is 10.6 Å². The van der Waals surface area contributed by atoms with Crippen molar-refractivity contribution < 1.29 is 13.8 Å². The lowest BCUT2D eigenvalue weighted by Crippen LogP contribution is -2.67. The molecule has 0 spiro atoms. The van der Waals surface area contributed by atoms with E-state index >= 15 is 0 Å². The first-order chi connectivity index (χ1) is 16.9. The standard InChI is InChI=1S/C26H33N5O3S/c1-26(28-19-7-8-23(32)30(2)16-19)24-20(11-14-35(24)33)27-25(29-26)31-12-9-17(10-13-31)22-15-18-5-3-4-6-21(18)34-22/h3-6,15,17,19,28H,7-14,16H2,1-2H3,(H,27,29)/t19-,26?,35?/m0/s1. The highest BCUT2D eigenvalue weighted by Gasteiger charge is 2.49. The summed E-state index contributed by atoms with van der Waals surface area (Å²) >= 11 is -1.05. The fraction of sp³-hybridized carbons (Fsp3) is 0.538. The zero-order chi connectivity index (χ0) is 24.2. The number of fused-ring (bicyclic) bond motifs is 1. The number of furan rings is 1. The number of nitrogens with zero attached hydrogens (tertiary/aromatic N) is 3. The van der Waals surface area contributed by atoms with Crippen LogP contribution in [0, 0.1) is 0 Å². The molecule has 2 N–H and O–H groups in total. The number of hydrogen-bond acceptors (Lipinski definition) is 7. The highest BCUT2D eigenvalue weighted by atomic mass is 32.2. The van der Waals surface area contributed by atoms with Gasteiger partial charge in [0.2, 0.25) is 11.9 Å². The minimum atomic E-state index is -1.05. The van der Waals surface area contributed by atoms with Crippen molar-refractivity contribution in [2.75, 3.05) is 32.4 Å². The molecule has 0 bridgehead atoms. The number of carbonyl (C=O) groups is 1. The van der Waals surface area contributed by atoms with Crippen LogP contribution in [0.1, 0.15) is 50.7 Å². The van der Waals surface area contributed by atoms with E-state index in [1.54, 1.807) is 4.90 Å². The number of likely N-dealkylation sites (tertiary alicyclic amines) is 2. The first kappa shape index (κ1) is 22.9. The normalized spacial score (nSPS) is 30.0. The van der Waals surface area contributed by atoms with Crippen molar-refractivity contribution in [1.82, 2.24) is 20.4 Å². The Morgan fingerprint density at radius 3 is 2.80 bits per heavy atom. The smallest absolute Gasteiger partial charge is 0.222 e. The molecule has 3 atom stereocenters. The van der Waals surface area contributed by atoms with Crippen LogP contribution in [0.25, 0.3) is 11.0 Å². The summed E-state index contributed by atoms with van der Waals surface area (Å²) in [6.07, 6.45) is 4.06. The third-order valence-corrected chi connectivity index (χ3v) is 9.51. The lowest BCUT2D eigenvalue weighted by Gasteiger charge is -2.44. The fourth-order valence-corrected chi connectivity index (χ4v) is 7.52. The van der Waals surface area contributed by atoms with Crippen molar-refractivity contribution in [1.29, 1.82) is 0 Å². The SMILES string of the molecule is CN1C[C@@H](NC2(C)NC(N3CCC(c4cc5ccccc5o4)CC3)=NC3=C2[S+]([O-])CC3)CCC1=O. The Morgan fingerprint density at radius 2 is 2.03 bits per heavy atom. The predicted molar refractivity (Wildman–Crippen MR) is 137 cm³/mol. The van der Waals surface area contributed by atoms with Gasteiger partial charge >= 0.3 is 0 Å². The van der Waals surface area contributed by atoms with Crippen LogP contribution in [0.2, 0.25) is 0 Å². The molecule has 2 fully saturated rings. The molecule has 2 unspecified atom stereocenters. The molecular weight excluding hydrogens is 462 g/mol. The van der Waals surface area contributed by atoms with E-state index in [1.807, 2.05) is 25.2 Å². The maximum absolute atomic E-state index is 13.0. The number of para-hydroxylation sites is 1. The number of aliphatic imine (C=N–C) groups is 1. The van der Waals surface area contributed by atoms with Gasteiger partial charge in [-0.25, -0.2) is 4.99 Å². The van der Waals surface area contributed by atoms with E-state index in [2.05, 4.69) is 34.6 Å². The maximum Gasteiger partial charge on any atom is 0.222 e. The van der Waals surface area contributed by atoms with Crippen LogP contribution in [0.3, 0.4) is 0 Å². The summed E-state index contributed by atoms with van der Waals surface area (Å²) in [5.74, 6) is 3.14. The first-order valence-corrected chi connectivity index (χ1v) is 14.0. The van der Waals surface area contributed by atoms with Gasteiger partial charge in [-0.3, -0.25) is 10.1 Å². The second-order valence-corrected chi connectivity index (χ2v) is 11.9. The molecule has 2 aromatic rings. The van der Waals surface area contributed by atoms with Crippen LogP contribution < -0.4 is 10.6 Å². The lowest BCUT2D eigenvalue weighted by molar-refractivity contribution is -0.132. The van der Waals surface area contributed by atoms with E-state index in [0.29, 0.717) is 24.6 Å². The van der Waals surface area contributed by atoms with Gasteiger partial charge in [-0.05, 0) is 49.5 Å². The number of carbonyl (C=O) groups excluding carboxylic acids is 1. The summed E-state index contributed by atoms with van der Waals surface area (Å²) < 4.78 is 19.1. The Kier molecular flexibility index (Phi) is 5.81. The van der Waals surface area contributed by atoms with Gasteiger partial charge < -0.3 is 24.1 Å². The molecule has 5 heterocycles. The van der Waals surface area contributed by atoms with E-state index in [0.717, 1.165) is 72.1 Å². The maximum atomic E-state index is 13.0. The Labute approximate surface area is 209 Å². The molecular formula is C26H33N5O3S. The van der Waals surface area contributed by atoms with Gasteiger partial charge in [-0.2, -0.15) is 0 Å². The Morgan fingerprint density at radius 1 is 1.23 bits per heavy atom. The molecule has 1 amide bonds. The molecule has 0 aliphatic carbocycles. The van der Waals surface area contributed by atoms with Gasteiger partial charge in [-0.1, -0.05) is 18.2 Å². The fourth-order valence-electron chi connectivity index (χ4n) is 5.96. The van der Waals surface area contributed by atoms with E-state index in [1.165, 1.54) is 0 Å². The Balaban J connectivity index is 1.18. The zero-order valence-electron chi connectivity index (χ0n) is 20.4. The number of rotatable bonds is 3. The van der Waals surface area contributed by atoms with Gasteiger partial charge in [0, 0.05) is 56.9 Å². The van der Waals surface area contributed by atoms with Crippen LogP contribution in [-0.4, -0.2) is 70.4 Å². The highest BCUT2D eigenvalue weighted by molar-refractivity contribution is 7.95. The topological polar surface area (TPSA) is 96.2 Å². The number of piperidine rings is 2. The molecule has 2 saturated heterocycles. The summed E-state index contributed by atoms with van der Waals surface area (Å²) in [5, 5.41) is 8.53. The number of guanidine groups is 1. The van der Waals surface area contributed by atoms with Crippen molar-refractivity contribution >= 4 is 34.0 Å². The second kappa shape index (κ2) is 8.87. The van der Waals surface area contributed by atoms with Gasteiger partial charge in [0.25, 0.3) is 0 Å². The third-order valence-electron chi connectivity index (χ3n) is 7.83. The van der Waals surface area contributed by atoms with Crippen molar-refractivity contribution in [3.05, 3.63) is 46.7 Å². The zero-order valence-corrected chi connectivity index (χ0v) is 21.2. The van der Waals surface area contributed by atoms with E-state index in [4.69, 9.17) is 9.41 Å². The second-order valence-electron chi connectivity index (χ2n) is 10.4. The number of benzene rings is 1. The molecule has 4 aliphatic heterocycles. The number of amides is 1. The van der Waals surface area contributed by atoms with Crippen LogP contribution >= 0.6 is 0 Å². The molecule has 186 valence electrons. The summed E-state index contributed by atoms with van der Waals surface area (Å²) in [5.41, 5.74) is 1.26. The average Bonchev–Trinajstić information content (AvgIpc) is 3.45. The van der Waals surface area contributed by atoms with Gasteiger partial charge in [0.05, 0.1) is 0 Å². The number of likely N-dealkylation sites (N-methyl/N-ethyl adjacent to an activating group) is 1. The molecule has 0 radical (unpaired) electrons. The highest BCUT2D eigenvalue weighted by Crippen LogP contribution is 2.38. The first-order valence-electron chi connectivity index (χ1n) is 12.6. The quantitative estimate of drug-likeness (QED) is 0.636. The monoisotopic (exact) mass is 495 g/mol. The molecule has 1 aromatic carbocycles. The summed E-state index contributed by atoms with van der Waals surface area (Å²) in [4.78, 5) is 21.9. The summed E-state index contributed by atoms with van der Waals surface area (Å²) in [6, 6.07) is 10.5. The van der Waals surface area contributed by atoms with Crippen LogP contribution in [0.15, 0.2) is 50.3 Å². The molecule has 9 heteroatoms. The Bertz CT molecular complexity index is 1170. The molecule has 0 saturated carbocycles. The lowest BCUT2D eigenvalue weighted by atomic mass is 9.94.